The molecule has 1 unspecified atom stereocenters. The smallest absolute Gasteiger partial charge is 0.330 e. The fourth-order valence-electron chi connectivity index (χ4n) is 5.10. The van der Waals surface area contributed by atoms with Crippen LogP contribution in [0.25, 0.3) is 6.08 Å². The van der Waals surface area contributed by atoms with Crippen molar-refractivity contribution in [2.45, 2.75) is 74.3 Å². The molecule has 2 aromatic rings. The molecule has 4 rings (SSSR count). The van der Waals surface area contributed by atoms with Crippen molar-refractivity contribution >= 4 is 12.0 Å². The molecule has 0 aromatic heterocycles. The van der Waals surface area contributed by atoms with Crippen molar-refractivity contribution in [3.05, 3.63) is 53.6 Å². The molecular formula is C31H40O16. The number of benzene rings is 2. The quantitative estimate of drug-likeness (QED) is 0.0760. The van der Waals surface area contributed by atoms with Gasteiger partial charge in [-0.2, -0.15) is 0 Å². The van der Waals surface area contributed by atoms with Gasteiger partial charge in [0.1, 0.15) is 61.5 Å². The topological polar surface area (TPSA) is 255 Å². The molecule has 16 heteroatoms. The molecule has 0 saturated carbocycles. The third kappa shape index (κ3) is 8.88. The molecule has 0 bridgehead atoms. The molecule has 47 heavy (non-hydrogen) atoms. The van der Waals surface area contributed by atoms with E-state index in [0.29, 0.717) is 11.1 Å². The largest absolute Gasteiger partial charge is 0.504 e. The van der Waals surface area contributed by atoms with Crippen LogP contribution in [0.1, 0.15) is 24.2 Å². The Morgan fingerprint density at radius 2 is 1.45 bits per heavy atom. The molecule has 16 nitrogen and oxygen atoms in total. The van der Waals surface area contributed by atoms with Crippen LogP contribution in [0.15, 0.2) is 42.5 Å². The SMILES string of the molecule is COC(CO[C@@H]1O[C@H](COC(=O)/C=C/c2ccc(O)c(O)c2)[C@@H](O)[C@H](OC[C@@H]2O[C@@H](C)[C@H](O)[C@@H](O)[C@H]2O)[C@H]1O)c1ccc(O)c(O)c1. The van der Waals surface area contributed by atoms with Gasteiger partial charge in [-0.15, -0.1) is 0 Å². The summed E-state index contributed by atoms with van der Waals surface area (Å²) >= 11 is 0. The van der Waals surface area contributed by atoms with E-state index < -0.39 is 92.3 Å². The van der Waals surface area contributed by atoms with E-state index in [4.69, 9.17) is 28.4 Å². The lowest BCUT2D eigenvalue weighted by molar-refractivity contribution is -0.317. The lowest BCUT2D eigenvalue weighted by Gasteiger charge is -2.44. The minimum Gasteiger partial charge on any atom is -0.504 e. The summed E-state index contributed by atoms with van der Waals surface area (Å²) in [6, 6.07) is 7.90. The molecule has 2 saturated heterocycles. The number of carbonyl (C=O) groups is 1. The van der Waals surface area contributed by atoms with Gasteiger partial charge >= 0.3 is 5.97 Å². The molecule has 0 radical (unpaired) electrons. The molecule has 2 aromatic carbocycles. The molecule has 0 amide bonds. The average Bonchev–Trinajstić information content (AvgIpc) is 3.04. The number of methoxy groups -OCH3 is 1. The Bertz CT molecular complexity index is 1370. The van der Waals surface area contributed by atoms with E-state index in [0.717, 1.165) is 6.08 Å². The first-order chi connectivity index (χ1) is 22.3. The van der Waals surface area contributed by atoms with Gasteiger partial charge in [0.2, 0.25) is 0 Å². The number of aromatic hydroxyl groups is 4. The second-order valence-corrected chi connectivity index (χ2v) is 11.2. The Hall–Kier alpha value is -3.55. The number of hydrogen-bond donors (Lipinski definition) is 9. The monoisotopic (exact) mass is 668 g/mol. The standard InChI is InChI=1S/C31H40O16/c1-14-25(37)28(40)26(38)22(46-14)13-44-30-27(39)23(12-43-24(36)8-4-15-3-6-17(32)19(34)9-15)47-31(29(30)41)45-11-21(42-2)16-5-7-18(33)20(35)10-16/h3-10,14,21-23,25-35,37-41H,11-13H2,1-2H3/b8-4+/t14-,21?,22-,23+,25-,26-,27+,28+,29+,30-,31+/m0/s1. The van der Waals surface area contributed by atoms with Gasteiger partial charge in [0, 0.05) is 13.2 Å². The Balaban J connectivity index is 1.46. The van der Waals surface area contributed by atoms with Gasteiger partial charge in [0.15, 0.2) is 29.3 Å². The number of ether oxygens (including phenoxy) is 6. The highest BCUT2D eigenvalue weighted by Crippen LogP contribution is 2.32. The summed E-state index contributed by atoms with van der Waals surface area (Å²) in [5.74, 6) is -2.33. The fourth-order valence-corrected chi connectivity index (χ4v) is 5.10. The molecule has 2 heterocycles. The van der Waals surface area contributed by atoms with Crippen LogP contribution in [-0.2, 0) is 33.2 Å². The molecule has 260 valence electrons. The van der Waals surface area contributed by atoms with Gasteiger partial charge in [0.25, 0.3) is 0 Å². The highest BCUT2D eigenvalue weighted by atomic mass is 16.7. The maximum Gasteiger partial charge on any atom is 0.330 e. The van der Waals surface area contributed by atoms with Gasteiger partial charge < -0.3 is 74.4 Å². The minimum absolute atomic E-state index is 0.258. The molecule has 2 aliphatic heterocycles. The van der Waals surface area contributed by atoms with Crippen molar-refractivity contribution in [1.29, 1.82) is 0 Å². The van der Waals surface area contributed by atoms with Crippen LogP contribution >= 0.6 is 0 Å². The predicted octanol–water partition coefficient (Wildman–Crippen LogP) is -0.828. The Labute approximate surface area is 269 Å². The van der Waals surface area contributed by atoms with Crippen molar-refractivity contribution in [1.82, 2.24) is 0 Å². The number of rotatable bonds is 12. The van der Waals surface area contributed by atoms with Crippen molar-refractivity contribution in [2.24, 2.45) is 0 Å². The first kappa shape index (κ1) is 36.3. The van der Waals surface area contributed by atoms with E-state index in [9.17, 15) is 50.8 Å². The number of phenolic OH excluding ortho intramolecular Hbond substituents is 4. The van der Waals surface area contributed by atoms with Gasteiger partial charge in [-0.25, -0.2) is 4.79 Å². The van der Waals surface area contributed by atoms with Crippen LogP contribution in [0.4, 0.5) is 0 Å². The molecule has 0 aliphatic carbocycles. The average molecular weight is 669 g/mol. The number of esters is 1. The van der Waals surface area contributed by atoms with E-state index in [-0.39, 0.29) is 23.9 Å². The van der Waals surface area contributed by atoms with Crippen molar-refractivity contribution in [2.75, 3.05) is 26.9 Å². The molecule has 0 spiro atoms. The van der Waals surface area contributed by atoms with Gasteiger partial charge in [0.05, 0.1) is 19.3 Å². The number of phenols is 4. The van der Waals surface area contributed by atoms with Crippen LogP contribution < -0.4 is 0 Å². The molecule has 9 N–H and O–H groups in total. The fraction of sp³-hybridized carbons (Fsp3) is 0.516. The Morgan fingerprint density at radius 1 is 0.787 bits per heavy atom. The van der Waals surface area contributed by atoms with E-state index in [1.165, 1.54) is 56.5 Å². The summed E-state index contributed by atoms with van der Waals surface area (Å²) in [5.41, 5.74) is 0.795. The predicted molar refractivity (Wildman–Crippen MR) is 158 cm³/mol. The number of aliphatic hydroxyl groups excluding tert-OH is 5. The lowest BCUT2D eigenvalue weighted by atomic mass is 9.95. The second-order valence-electron chi connectivity index (χ2n) is 11.2. The van der Waals surface area contributed by atoms with Gasteiger partial charge in [-0.1, -0.05) is 12.1 Å². The van der Waals surface area contributed by atoms with Crippen molar-refractivity contribution in [3.63, 3.8) is 0 Å². The van der Waals surface area contributed by atoms with Crippen LogP contribution in [-0.4, -0.2) is 140 Å². The highest BCUT2D eigenvalue weighted by Gasteiger charge is 2.48. The maximum absolute atomic E-state index is 12.5. The zero-order valence-corrected chi connectivity index (χ0v) is 25.5. The first-order valence-corrected chi connectivity index (χ1v) is 14.7. The zero-order valence-electron chi connectivity index (χ0n) is 25.5. The number of carbonyl (C=O) groups excluding carboxylic acids is 1. The summed E-state index contributed by atoms with van der Waals surface area (Å²) in [6.45, 7) is 0.245. The summed E-state index contributed by atoms with van der Waals surface area (Å²) in [4.78, 5) is 12.5. The van der Waals surface area contributed by atoms with Crippen molar-refractivity contribution in [3.8, 4) is 23.0 Å². The summed E-state index contributed by atoms with van der Waals surface area (Å²) < 4.78 is 33.5. The van der Waals surface area contributed by atoms with Crippen molar-refractivity contribution < 1.29 is 79.2 Å². The van der Waals surface area contributed by atoms with E-state index in [2.05, 4.69) is 0 Å². The van der Waals surface area contributed by atoms with E-state index in [1.807, 2.05) is 0 Å². The molecule has 2 aliphatic rings. The lowest BCUT2D eigenvalue weighted by Crippen LogP contribution is -2.62. The summed E-state index contributed by atoms with van der Waals surface area (Å²) in [5, 5.41) is 91.3. The third-order valence-electron chi connectivity index (χ3n) is 7.91. The minimum atomic E-state index is -1.65. The van der Waals surface area contributed by atoms with Gasteiger partial charge in [-0.3, -0.25) is 0 Å². The van der Waals surface area contributed by atoms with Gasteiger partial charge in [-0.05, 0) is 48.4 Å². The second kappa shape index (κ2) is 16.0. The van der Waals surface area contributed by atoms with E-state index in [1.54, 1.807) is 0 Å². The van der Waals surface area contributed by atoms with E-state index >= 15 is 0 Å². The zero-order chi connectivity index (χ0) is 34.4. The third-order valence-corrected chi connectivity index (χ3v) is 7.91. The molecular weight excluding hydrogens is 628 g/mol. The number of hydrogen-bond acceptors (Lipinski definition) is 16. The van der Waals surface area contributed by atoms with Crippen LogP contribution in [0.3, 0.4) is 0 Å². The Morgan fingerprint density at radius 3 is 2.11 bits per heavy atom. The summed E-state index contributed by atoms with van der Waals surface area (Å²) in [6.07, 6.45) is -12.4. The molecule has 2 fully saturated rings. The molecule has 11 atom stereocenters. The highest BCUT2D eigenvalue weighted by molar-refractivity contribution is 5.87. The first-order valence-electron chi connectivity index (χ1n) is 14.7. The van der Waals surface area contributed by atoms with Crippen LogP contribution in [0, 0.1) is 0 Å². The summed E-state index contributed by atoms with van der Waals surface area (Å²) in [7, 11) is 1.36. The Kier molecular flexibility index (Phi) is 12.4. The van der Waals surface area contributed by atoms with Crippen LogP contribution in [0.5, 0.6) is 23.0 Å². The normalized spacial score (nSPS) is 31.9. The number of aliphatic hydroxyl groups is 5. The maximum atomic E-state index is 12.5. The van der Waals surface area contributed by atoms with Crippen LogP contribution in [0.2, 0.25) is 0 Å².